The summed E-state index contributed by atoms with van der Waals surface area (Å²) in [6, 6.07) is 7.34. The van der Waals surface area contributed by atoms with Crippen LogP contribution in [0.1, 0.15) is 12.5 Å². The van der Waals surface area contributed by atoms with Crippen molar-refractivity contribution in [1.82, 2.24) is 4.31 Å². The van der Waals surface area contributed by atoms with E-state index in [1.807, 2.05) is 26.0 Å². The lowest BCUT2D eigenvalue weighted by molar-refractivity contribution is 0.550. The van der Waals surface area contributed by atoms with Gasteiger partial charge in [-0.1, -0.05) is 40.3 Å². The highest BCUT2D eigenvalue weighted by Gasteiger charge is 2.51. The molecule has 3 atom stereocenters. The van der Waals surface area contributed by atoms with Gasteiger partial charge in [-0.25, -0.2) is 8.42 Å². The number of hydrogen-bond acceptors (Lipinski definition) is 2. The first-order valence-electron chi connectivity index (χ1n) is 5.14. The summed E-state index contributed by atoms with van der Waals surface area (Å²) in [6.07, 6.45) is 0. The van der Waals surface area contributed by atoms with Gasteiger partial charge in [-0.3, -0.25) is 0 Å². The summed E-state index contributed by atoms with van der Waals surface area (Å²) in [5.41, 5.74) is 1.07. The molecule has 0 spiro atoms. The van der Waals surface area contributed by atoms with Gasteiger partial charge in [-0.05, 0) is 26.0 Å². The highest BCUT2D eigenvalue weighted by Crippen LogP contribution is 2.36. The van der Waals surface area contributed by atoms with Crippen LogP contribution in [0.3, 0.4) is 0 Å². The summed E-state index contributed by atoms with van der Waals surface area (Å²) in [6.45, 7) is 3.90. The maximum Gasteiger partial charge on any atom is 0.243 e. The summed E-state index contributed by atoms with van der Waals surface area (Å²) >= 11 is 2.23. The van der Waals surface area contributed by atoms with E-state index in [2.05, 4.69) is 22.6 Å². The lowest BCUT2D eigenvalue weighted by Gasteiger charge is -2.06. The summed E-state index contributed by atoms with van der Waals surface area (Å²) < 4.78 is 26.9. The van der Waals surface area contributed by atoms with E-state index < -0.39 is 10.0 Å². The van der Waals surface area contributed by atoms with Gasteiger partial charge < -0.3 is 0 Å². The molecule has 16 heavy (non-hydrogen) atoms. The van der Waals surface area contributed by atoms with E-state index in [-0.39, 0.29) is 12.1 Å². The normalized spacial score (nSPS) is 29.1. The van der Waals surface area contributed by atoms with Gasteiger partial charge in [-0.2, -0.15) is 4.31 Å². The first-order valence-corrected chi connectivity index (χ1v) is 8.11. The van der Waals surface area contributed by atoms with Crippen molar-refractivity contribution < 1.29 is 8.42 Å². The second-order valence-electron chi connectivity index (χ2n) is 4.11. The average molecular weight is 351 g/mol. The van der Waals surface area contributed by atoms with E-state index in [9.17, 15) is 8.42 Å². The molecule has 1 fully saturated rings. The molecule has 0 amide bonds. The van der Waals surface area contributed by atoms with Gasteiger partial charge in [0.15, 0.2) is 0 Å². The SMILES string of the molecule is Cc1ccc(S(=O)(=O)N2[C@H](C)[C@H]2CI)cc1. The minimum Gasteiger partial charge on any atom is -0.207 e. The molecule has 5 heteroatoms. The second-order valence-corrected chi connectivity index (χ2v) is 6.83. The first-order chi connectivity index (χ1) is 7.48. The molecule has 1 saturated heterocycles. The fourth-order valence-corrected chi connectivity index (χ4v) is 5.09. The van der Waals surface area contributed by atoms with E-state index in [1.165, 1.54) is 0 Å². The van der Waals surface area contributed by atoms with Crippen molar-refractivity contribution in [2.75, 3.05) is 4.43 Å². The van der Waals surface area contributed by atoms with Crippen molar-refractivity contribution in [1.29, 1.82) is 0 Å². The highest BCUT2D eigenvalue weighted by molar-refractivity contribution is 14.1. The van der Waals surface area contributed by atoms with Crippen LogP contribution in [0.4, 0.5) is 0 Å². The Morgan fingerprint density at radius 3 is 2.31 bits per heavy atom. The predicted octanol–water partition coefficient (Wildman–Crippen LogP) is 2.19. The Labute approximate surface area is 110 Å². The van der Waals surface area contributed by atoms with Crippen LogP contribution >= 0.6 is 22.6 Å². The third-order valence-corrected chi connectivity index (χ3v) is 5.88. The predicted molar refractivity (Wildman–Crippen MR) is 72.3 cm³/mol. The molecule has 0 bridgehead atoms. The third-order valence-electron chi connectivity index (χ3n) is 2.95. The number of hydrogen-bond donors (Lipinski definition) is 0. The van der Waals surface area contributed by atoms with Gasteiger partial charge in [0.25, 0.3) is 0 Å². The fraction of sp³-hybridized carbons (Fsp3) is 0.455. The van der Waals surface area contributed by atoms with Gasteiger partial charge >= 0.3 is 0 Å². The number of benzene rings is 1. The molecule has 0 radical (unpaired) electrons. The Bertz CT molecular complexity index is 483. The Kier molecular flexibility index (Phi) is 3.29. The number of alkyl halides is 1. The molecule has 0 N–H and O–H groups in total. The van der Waals surface area contributed by atoms with Crippen LogP contribution in [0.5, 0.6) is 0 Å². The summed E-state index contributed by atoms with van der Waals surface area (Å²) in [5, 5.41) is 0. The number of halogens is 1. The van der Waals surface area contributed by atoms with Crippen LogP contribution in [-0.2, 0) is 10.0 Å². The Hall–Kier alpha value is -0.140. The Morgan fingerprint density at radius 1 is 1.31 bits per heavy atom. The van der Waals surface area contributed by atoms with Crippen LogP contribution in [0, 0.1) is 6.92 Å². The number of nitrogens with zero attached hydrogens (tertiary/aromatic N) is 1. The molecular weight excluding hydrogens is 337 g/mol. The van der Waals surface area contributed by atoms with Gasteiger partial charge in [-0.15, -0.1) is 0 Å². The van der Waals surface area contributed by atoms with Crippen LogP contribution in [0.25, 0.3) is 0 Å². The minimum absolute atomic E-state index is 0.142. The van der Waals surface area contributed by atoms with E-state index >= 15 is 0 Å². The second kappa shape index (κ2) is 4.27. The van der Waals surface area contributed by atoms with Crippen LogP contribution in [-0.4, -0.2) is 29.2 Å². The molecule has 1 aromatic carbocycles. The van der Waals surface area contributed by atoms with Crippen molar-refractivity contribution in [2.24, 2.45) is 0 Å². The van der Waals surface area contributed by atoms with Gasteiger partial charge in [0, 0.05) is 10.5 Å². The standard InChI is InChI=1S/C11H14INO2S/c1-8-3-5-10(6-4-8)16(14,15)13-9(2)11(13)7-12/h3-6,9,11H,7H2,1-2H3/t9-,11-,13?/m1/s1. The summed E-state index contributed by atoms with van der Waals surface area (Å²) in [5.74, 6) is 0. The van der Waals surface area contributed by atoms with Crippen molar-refractivity contribution in [3.63, 3.8) is 0 Å². The molecule has 1 heterocycles. The van der Waals surface area contributed by atoms with Crippen LogP contribution in [0.2, 0.25) is 0 Å². The molecule has 0 aliphatic carbocycles. The summed E-state index contributed by atoms with van der Waals surface area (Å²) in [4.78, 5) is 0.400. The van der Waals surface area contributed by atoms with Crippen molar-refractivity contribution in [2.45, 2.75) is 30.8 Å². The zero-order valence-electron chi connectivity index (χ0n) is 9.22. The lowest BCUT2D eigenvalue weighted by atomic mass is 10.2. The van der Waals surface area contributed by atoms with Crippen LogP contribution < -0.4 is 0 Å². The number of sulfonamides is 1. The monoisotopic (exact) mass is 351 g/mol. The smallest absolute Gasteiger partial charge is 0.207 e. The Balaban J connectivity index is 2.31. The van der Waals surface area contributed by atoms with Crippen LogP contribution in [0.15, 0.2) is 29.2 Å². The van der Waals surface area contributed by atoms with Crippen molar-refractivity contribution in [3.05, 3.63) is 29.8 Å². The number of rotatable bonds is 3. The highest BCUT2D eigenvalue weighted by atomic mass is 127. The van der Waals surface area contributed by atoms with E-state index in [0.717, 1.165) is 9.99 Å². The largest absolute Gasteiger partial charge is 0.243 e. The van der Waals surface area contributed by atoms with Crippen molar-refractivity contribution >= 4 is 32.6 Å². The average Bonchev–Trinajstić information content (AvgIpc) is 2.90. The van der Waals surface area contributed by atoms with Gasteiger partial charge in [0.1, 0.15) is 0 Å². The van der Waals surface area contributed by atoms with Gasteiger partial charge in [0.2, 0.25) is 10.0 Å². The van der Waals surface area contributed by atoms with Crippen molar-refractivity contribution in [3.8, 4) is 0 Å². The quantitative estimate of drug-likeness (QED) is 0.476. The molecule has 0 saturated carbocycles. The fourth-order valence-electron chi connectivity index (χ4n) is 1.81. The molecule has 1 unspecified atom stereocenters. The lowest BCUT2D eigenvalue weighted by Crippen LogP contribution is -2.15. The third kappa shape index (κ3) is 2.00. The van der Waals surface area contributed by atoms with Gasteiger partial charge in [0.05, 0.1) is 10.9 Å². The molecule has 1 aliphatic rings. The molecular formula is C11H14INO2S. The number of aryl methyl sites for hydroxylation is 1. The summed E-state index contributed by atoms with van der Waals surface area (Å²) in [7, 11) is -3.26. The molecule has 1 aromatic rings. The molecule has 3 nitrogen and oxygen atoms in total. The molecule has 0 aromatic heterocycles. The molecule has 1 aliphatic heterocycles. The zero-order chi connectivity index (χ0) is 11.9. The first kappa shape index (κ1) is 12.3. The Morgan fingerprint density at radius 2 is 1.88 bits per heavy atom. The molecule has 88 valence electrons. The minimum atomic E-state index is -3.26. The maximum absolute atomic E-state index is 12.2. The topological polar surface area (TPSA) is 37.1 Å². The zero-order valence-corrected chi connectivity index (χ0v) is 12.2. The maximum atomic E-state index is 12.2. The molecule has 2 rings (SSSR count). The van der Waals surface area contributed by atoms with E-state index in [4.69, 9.17) is 0 Å². The van der Waals surface area contributed by atoms with E-state index in [1.54, 1.807) is 16.4 Å². The van der Waals surface area contributed by atoms with E-state index in [0.29, 0.717) is 4.90 Å².